The van der Waals surface area contributed by atoms with Crippen molar-refractivity contribution in [3.63, 3.8) is 0 Å². The Bertz CT molecular complexity index is 1050. The highest BCUT2D eigenvalue weighted by atomic mass is 32.2. The summed E-state index contributed by atoms with van der Waals surface area (Å²) in [5.74, 6) is 1.35. The van der Waals surface area contributed by atoms with Crippen LogP contribution in [0, 0.1) is 0 Å². The topological polar surface area (TPSA) is 113 Å². The second-order valence-corrected chi connectivity index (χ2v) is 8.47. The maximum absolute atomic E-state index is 12.3. The van der Waals surface area contributed by atoms with Crippen LogP contribution in [0.25, 0.3) is 11.0 Å². The fourth-order valence-electron chi connectivity index (χ4n) is 3.23. The molecule has 3 aromatic rings. The van der Waals surface area contributed by atoms with Crippen molar-refractivity contribution in [3.8, 4) is 0 Å². The Morgan fingerprint density at radius 3 is 2.79 bits per heavy atom. The Balaban J connectivity index is 1.29. The maximum atomic E-state index is 12.3. The summed E-state index contributed by atoms with van der Waals surface area (Å²) in [6.45, 7) is 2.66. The molecule has 0 saturated carbocycles. The van der Waals surface area contributed by atoms with E-state index in [1.54, 1.807) is 12.1 Å². The minimum atomic E-state index is -3.53. The fourth-order valence-corrected chi connectivity index (χ4v) is 4.32. The van der Waals surface area contributed by atoms with Crippen molar-refractivity contribution < 1.29 is 12.9 Å². The first-order valence-electron chi connectivity index (χ1n) is 9.22. The summed E-state index contributed by atoms with van der Waals surface area (Å²) in [7, 11) is -3.53. The van der Waals surface area contributed by atoms with E-state index in [9.17, 15) is 8.42 Å². The number of fused-ring (bicyclic) bond motifs is 1. The van der Waals surface area contributed by atoms with Crippen molar-refractivity contribution in [2.45, 2.75) is 18.6 Å². The van der Waals surface area contributed by atoms with Crippen LogP contribution in [0.2, 0.25) is 0 Å². The molecular formula is C18H22N6O3S. The van der Waals surface area contributed by atoms with Gasteiger partial charge in [-0.05, 0) is 25.0 Å². The number of hydrogen-bond acceptors (Lipinski definition) is 8. The normalized spacial score (nSPS) is 14.6. The molecule has 0 atom stereocenters. The van der Waals surface area contributed by atoms with Crippen LogP contribution < -0.4 is 14.9 Å². The highest BCUT2D eigenvalue weighted by Gasteiger charge is 2.17. The van der Waals surface area contributed by atoms with Crippen LogP contribution in [0.3, 0.4) is 0 Å². The standard InChI is InChI=1S/C18H22N6O3S/c25-28(26,12-15-14-5-1-2-6-16(14)27-23-15)22-8-7-19-17-11-18(21-13-20-17)24-9-3-4-10-24/h1-2,5-6,11,13,22H,3-4,7-10,12H2,(H,19,20,21). The molecule has 4 rings (SSSR count). The lowest BCUT2D eigenvalue weighted by Gasteiger charge is -2.16. The minimum absolute atomic E-state index is 0.226. The molecule has 1 aliphatic rings. The smallest absolute Gasteiger partial charge is 0.217 e. The Hall–Kier alpha value is -2.72. The van der Waals surface area contributed by atoms with Crippen LogP contribution in [0.4, 0.5) is 11.6 Å². The summed E-state index contributed by atoms with van der Waals surface area (Å²) < 4.78 is 32.4. The summed E-state index contributed by atoms with van der Waals surface area (Å²) in [5.41, 5.74) is 0.981. The van der Waals surface area contributed by atoms with Crippen molar-refractivity contribution >= 4 is 32.6 Å². The van der Waals surface area contributed by atoms with Gasteiger partial charge in [-0.25, -0.2) is 23.1 Å². The van der Waals surface area contributed by atoms with Gasteiger partial charge in [0.1, 0.15) is 29.4 Å². The molecule has 1 aliphatic heterocycles. The largest absolute Gasteiger partial charge is 0.369 e. The van der Waals surface area contributed by atoms with Crippen molar-refractivity contribution in [1.29, 1.82) is 0 Å². The number of benzene rings is 1. The first-order valence-corrected chi connectivity index (χ1v) is 10.9. The third-order valence-corrected chi connectivity index (χ3v) is 5.91. The highest BCUT2D eigenvalue weighted by Crippen LogP contribution is 2.20. The number of anilines is 2. The lowest BCUT2D eigenvalue weighted by molar-refractivity contribution is 0.448. The van der Waals surface area contributed by atoms with E-state index < -0.39 is 10.0 Å². The van der Waals surface area contributed by atoms with Crippen molar-refractivity contribution in [1.82, 2.24) is 19.8 Å². The number of para-hydroxylation sites is 1. The van der Waals surface area contributed by atoms with Gasteiger partial charge in [-0.2, -0.15) is 0 Å². The molecule has 10 heteroatoms. The van der Waals surface area contributed by atoms with Crippen LogP contribution >= 0.6 is 0 Å². The van der Waals surface area contributed by atoms with Crippen molar-refractivity contribution in [3.05, 3.63) is 42.4 Å². The van der Waals surface area contributed by atoms with Gasteiger partial charge in [0.15, 0.2) is 5.58 Å². The molecule has 1 fully saturated rings. The number of rotatable bonds is 8. The highest BCUT2D eigenvalue weighted by molar-refractivity contribution is 7.88. The Labute approximate surface area is 163 Å². The van der Waals surface area contributed by atoms with E-state index in [4.69, 9.17) is 4.52 Å². The molecule has 28 heavy (non-hydrogen) atoms. The summed E-state index contributed by atoms with van der Waals surface area (Å²) in [5, 5.41) is 7.71. The number of sulfonamides is 1. The second kappa shape index (κ2) is 8.11. The first kappa shape index (κ1) is 18.6. The zero-order chi connectivity index (χ0) is 19.4. The first-order chi connectivity index (χ1) is 13.6. The quantitative estimate of drug-likeness (QED) is 0.548. The third kappa shape index (κ3) is 4.39. The van der Waals surface area contributed by atoms with Crippen molar-refractivity contribution in [2.75, 3.05) is 36.4 Å². The van der Waals surface area contributed by atoms with E-state index in [0.717, 1.165) is 18.9 Å². The molecule has 148 valence electrons. The molecule has 1 saturated heterocycles. The molecular weight excluding hydrogens is 380 g/mol. The average Bonchev–Trinajstić information content (AvgIpc) is 3.36. The number of hydrogen-bond donors (Lipinski definition) is 2. The van der Waals surface area contributed by atoms with Crippen LogP contribution in [-0.2, 0) is 15.8 Å². The average molecular weight is 402 g/mol. The zero-order valence-electron chi connectivity index (χ0n) is 15.3. The number of aromatic nitrogens is 3. The molecule has 1 aromatic carbocycles. The predicted molar refractivity (Wildman–Crippen MR) is 107 cm³/mol. The van der Waals surface area contributed by atoms with Gasteiger partial charge in [0.05, 0.1) is 0 Å². The number of nitrogens with one attached hydrogen (secondary N) is 2. The van der Waals surface area contributed by atoms with Crippen LogP contribution in [0.1, 0.15) is 18.5 Å². The van der Waals surface area contributed by atoms with Gasteiger partial charge in [-0.3, -0.25) is 0 Å². The summed E-state index contributed by atoms with van der Waals surface area (Å²) >= 11 is 0. The summed E-state index contributed by atoms with van der Waals surface area (Å²) in [4.78, 5) is 10.7. The van der Waals surface area contributed by atoms with E-state index in [1.165, 1.54) is 19.2 Å². The maximum Gasteiger partial charge on any atom is 0.217 e. The molecule has 9 nitrogen and oxygen atoms in total. The fraction of sp³-hybridized carbons (Fsp3) is 0.389. The van der Waals surface area contributed by atoms with Gasteiger partial charge in [0.2, 0.25) is 10.0 Å². The van der Waals surface area contributed by atoms with Gasteiger partial charge in [-0.1, -0.05) is 17.3 Å². The third-order valence-electron chi connectivity index (χ3n) is 4.61. The van der Waals surface area contributed by atoms with E-state index in [2.05, 4.69) is 30.1 Å². The van der Waals surface area contributed by atoms with Gasteiger partial charge in [-0.15, -0.1) is 0 Å². The zero-order valence-corrected chi connectivity index (χ0v) is 16.2. The Morgan fingerprint density at radius 2 is 1.93 bits per heavy atom. The molecule has 2 N–H and O–H groups in total. The molecule has 0 amide bonds. The number of nitrogens with zero attached hydrogens (tertiary/aromatic N) is 4. The van der Waals surface area contributed by atoms with Crippen LogP contribution in [0.15, 0.2) is 41.2 Å². The lowest BCUT2D eigenvalue weighted by atomic mass is 10.2. The molecule has 0 aliphatic carbocycles. The van der Waals surface area contributed by atoms with E-state index in [-0.39, 0.29) is 12.3 Å². The minimum Gasteiger partial charge on any atom is -0.369 e. The molecule has 0 spiro atoms. The van der Waals surface area contributed by atoms with E-state index in [0.29, 0.717) is 29.0 Å². The van der Waals surface area contributed by atoms with Crippen LogP contribution in [0.5, 0.6) is 0 Å². The van der Waals surface area contributed by atoms with Crippen molar-refractivity contribution in [2.24, 2.45) is 0 Å². The molecule has 3 heterocycles. The molecule has 0 unspecified atom stereocenters. The van der Waals surface area contributed by atoms with Gasteiger partial charge in [0, 0.05) is 37.6 Å². The molecule has 2 aromatic heterocycles. The lowest BCUT2D eigenvalue weighted by Crippen LogP contribution is -2.30. The van der Waals surface area contributed by atoms with E-state index in [1.807, 2.05) is 18.2 Å². The van der Waals surface area contributed by atoms with Gasteiger partial charge < -0.3 is 14.7 Å². The van der Waals surface area contributed by atoms with E-state index >= 15 is 0 Å². The summed E-state index contributed by atoms with van der Waals surface area (Å²) in [6.07, 6.45) is 3.88. The summed E-state index contributed by atoms with van der Waals surface area (Å²) in [6, 6.07) is 9.09. The van der Waals surface area contributed by atoms with Gasteiger partial charge >= 0.3 is 0 Å². The Kier molecular flexibility index (Phi) is 5.40. The molecule has 0 radical (unpaired) electrons. The SMILES string of the molecule is O=S(=O)(Cc1noc2ccccc12)NCCNc1cc(N2CCCC2)ncn1. The second-order valence-electron chi connectivity index (χ2n) is 6.66. The monoisotopic (exact) mass is 402 g/mol. The van der Waals surface area contributed by atoms with Crippen LogP contribution in [-0.4, -0.2) is 49.7 Å². The Morgan fingerprint density at radius 1 is 1.11 bits per heavy atom. The predicted octanol–water partition coefficient (Wildman–Crippen LogP) is 1.75. The molecule has 0 bridgehead atoms. The van der Waals surface area contributed by atoms with Gasteiger partial charge in [0.25, 0.3) is 0 Å².